The van der Waals surface area contributed by atoms with Crippen LogP contribution in [0.3, 0.4) is 0 Å². The third kappa shape index (κ3) is 3.88. The Hall–Kier alpha value is -2.25. The number of halogens is 1. The van der Waals surface area contributed by atoms with Gasteiger partial charge in [0.25, 0.3) is 5.91 Å². The molecule has 0 bridgehead atoms. The molecule has 2 N–H and O–H groups in total. The van der Waals surface area contributed by atoms with E-state index in [0.717, 1.165) is 29.7 Å². The average molecular weight is 363 g/mol. The Morgan fingerprint density at radius 3 is 2.36 bits per heavy atom. The lowest BCUT2D eigenvalue weighted by Crippen LogP contribution is -2.44. The second-order valence-electron chi connectivity index (χ2n) is 6.05. The van der Waals surface area contributed by atoms with Gasteiger partial charge in [0.1, 0.15) is 10.7 Å². The van der Waals surface area contributed by atoms with Crippen LogP contribution in [0.4, 0.5) is 4.39 Å². The summed E-state index contributed by atoms with van der Waals surface area (Å²) in [5.41, 5.74) is 0.656. The minimum absolute atomic E-state index is 0.129. The fourth-order valence-corrected chi connectivity index (χ4v) is 3.81. The highest BCUT2D eigenvalue weighted by molar-refractivity contribution is 7.15. The number of carboxylic acid groups (broad SMARTS) is 1. The zero-order chi connectivity index (χ0) is 17.9. The largest absolute Gasteiger partial charge is 0.477 e. The van der Waals surface area contributed by atoms with E-state index in [1.165, 1.54) is 24.3 Å². The van der Waals surface area contributed by atoms with Crippen LogP contribution in [0.2, 0.25) is 0 Å². The lowest BCUT2D eigenvalue weighted by Gasteiger charge is -2.38. The van der Waals surface area contributed by atoms with E-state index < -0.39 is 5.97 Å². The maximum absolute atomic E-state index is 13.2. The molecule has 1 aromatic heterocycles. The zero-order valence-corrected chi connectivity index (χ0v) is 14.3. The summed E-state index contributed by atoms with van der Waals surface area (Å²) in [5.74, 6) is -1.64. The molecule has 3 rings (SSSR count). The molecule has 1 aromatic carbocycles. The number of benzene rings is 1. The van der Waals surface area contributed by atoms with E-state index in [1.54, 1.807) is 12.1 Å². The monoisotopic (exact) mass is 363 g/mol. The number of carbonyl (C=O) groups is 2. The number of aromatic carboxylic acids is 1. The van der Waals surface area contributed by atoms with Crippen molar-refractivity contribution in [3.63, 3.8) is 0 Å². The van der Waals surface area contributed by atoms with Gasteiger partial charge in [-0.3, -0.25) is 4.79 Å². The maximum Gasteiger partial charge on any atom is 0.345 e. The molecule has 0 aliphatic carbocycles. The minimum atomic E-state index is -1.05. The van der Waals surface area contributed by atoms with Gasteiger partial charge in [0, 0.05) is 25.2 Å². The van der Waals surface area contributed by atoms with Gasteiger partial charge in [0.05, 0.1) is 4.88 Å². The van der Waals surface area contributed by atoms with Crippen LogP contribution in [-0.2, 0) is 10.2 Å². The van der Waals surface area contributed by atoms with Crippen LogP contribution in [0.25, 0.3) is 0 Å². The molecule has 1 saturated heterocycles. The highest BCUT2D eigenvalue weighted by Gasteiger charge is 2.35. The van der Waals surface area contributed by atoms with Crippen molar-refractivity contribution in [2.75, 3.05) is 19.8 Å². The van der Waals surface area contributed by atoms with Crippen molar-refractivity contribution in [2.45, 2.75) is 18.3 Å². The first-order chi connectivity index (χ1) is 12.0. The maximum atomic E-state index is 13.2. The van der Waals surface area contributed by atoms with Crippen LogP contribution >= 0.6 is 11.3 Å². The van der Waals surface area contributed by atoms with E-state index >= 15 is 0 Å². The van der Waals surface area contributed by atoms with Crippen LogP contribution in [0.1, 0.15) is 37.7 Å². The average Bonchev–Trinajstić information content (AvgIpc) is 3.12. The standard InChI is InChI=1S/C18H18FNO4S/c19-13-3-1-12(2-4-13)18(7-9-24-10-8-18)11-20-16(21)14-5-6-15(25-14)17(22)23/h1-6H,7-11H2,(H,20,21)(H,22,23). The first-order valence-corrected chi connectivity index (χ1v) is 8.77. The molecule has 1 amide bonds. The van der Waals surface area contributed by atoms with Gasteiger partial charge in [0.2, 0.25) is 0 Å². The van der Waals surface area contributed by atoms with Crippen molar-refractivity contribution >= 4 is 23.2 Å². The van der Waals surface area contributed by atoms with Crippen molar-refractivity contribution in [3.05, 3.63) is 57.5 Å². The number of hydrogen-bond donors (Lipinski definition) is 2. The first-order valence-electron chi connectivity index (χ1n) is 7.95. The smallest absolute Gasteiger partial charge is 0.345 e. The number of hydrogen-bond acceptors (Lipinski definition) is 4. The molecule has 0 unspecified atom stereocenters. The van der Waals surface area contributed by atoms with Crippen LogP contribution in [0, 0.1) is 5.82 Å². The van der Waals surface area contributed by atoms with Crippen LogP contribution < -0.4 is 5.32 Å². The molecule has 1 aliphatic rings. The van der Waals surface area contributed by atoms with Gasteiger partial charge in [-0.25, -0.2) is 9.18 Å². The molecule has 7 heteroatoms. The Bertz CT molecular complexity index is 766. The number of rotatable bonds is 5. The second-order valence-corrected chi connectivity index (χ2v) is 7.14. The Morgan fingerprint density at radius 2 is 1.76 bits per heavy atom. The molecule has 0 radical (unpaired) electrons. The van der Waals surface area contributed by atoms with Gasteiger partial charge < -0.3 is 15.2 Å². The normalized spacial score (nSPS) is 16.4. The third-order valence-corrected chi connectivity index (χ3v) is 5.61. The molecule has 1 fully saturated rings. The Kier molecular flexibility index (Phi) is 5.15. The molecule has 0 atom stereocenters. The number of thiophene rings is 1. The summed E-state index contributed by atoms with van der Waals surface area (Å²) >= 11 is 0.947. The molecule has 0 spiro atoms. The number of carboxylic acids is 1. The van der Waals surface area contributed by atoms with Crippen molar-refractivity contribution in [1.82, 2.24) is 5.32 Å². The summed E-state index contributed by atoms with van der Waals surface area (Å²) in [5, 5.41) is 11.9. The molecule has 25 heavy (non-hydrogen) atoms. The molecular weight excluding hydrogens is 345 g/mol. The molecule has 2 aromatic rings. The van der Waals surface area contributed by atoms with E-state index in [-0.39, 0.29) is 22.0 Å². The van der Waals surface area contributed by atoms with E-state index in [9.17, 15) is 14.0 Å². The molecule has 132 valence electrons. The lowest BCUT2D eigenvalue weighted by molar-refractivity contribution is 0.0487. The van der Waals surface area contributed by atoms with Crippen molar-refractivity contribution in [1.29, 1.82) is 0 Å². The summed E-state index contributed by atoms with van der Waals surface area (Å²) in [4.78, 5) is 23.8. The van der Waals surface area contributed by atoms with Crippen molar-refractivity contribution < 1.29 is 23.8 Å². The molecule has 1 aliphatic heterocycles. The third-order valence-electron chi connectivity index (χ3n) is 4.53. The summed E-state index contributed by atoms with van der Waals surface area (Å²) < 4.78 is 18.7. The van der Waals surface area contributed by atoms with Crippen LogP contribution in [0.5, 0.6) is 0 Å². The summed E-state index contributed by atoms with van der Waals surface area (Å²) in [6.07, 6.45) is 1.45. The Labute approximate surface area is 148 Å². The number of ether oxygens (including phenoxy) is 1. The molecular formula is C18H18FNO4S. The summed E-state index contributed by atoms with van der Waals surface area (Å²) in [6, 6.07) is 9.28. The topological polar surface area (TPSA) is 75.6 Å². The van der Waals surface area contributed by atoms with Crippen molar-refractivity contribution in [2.24, 2.45) is 0 Å². The van der Waals surface area contributed by atoms with Gasteiger partial charge >= 0.3 is 5.97 Å². The van der Waals surface area contributed by atoms with Crippen molar-refractivity contribution in [3.8, 4) is 0 Å². The van der Waals surface area contributed by atoms with Gasteiger partial charge in [-0.2, -0.15) is 0 Å². The summed E-state index contributed by atoms with van der Waals surface area (Å²) in [6.45, 7) is 1.55. The first kappa shape index (κ1) is 17.6. The fraction of sp³-hybridized carbons (Fsp3) is 0.333. The molecule has 2 heterocycles. The minimum Gasteiger partial charge on any atom is -0.477 e. The lowest BCUT2D eigenvalue weighted by atomic mass is 9.74. The highest BCUT2D eigenvalue weighted by Crippen LogP contribution is 2.34. The van der Waals surface area contributed by atoms with Gasteiger partial charge in [-0.05, 0) is 42.7 Å². The van der Waals surface area contributed by atoms with E-state index in [4.69, 9.17) is 9.84 Å². The van der Waals surface area contributed by atoms with E-state index in [2.05, 4.69) is 5.32 Å². The predicted molar refractivity (Wildman–Crippen MR) is 91.7 cm³/mol. The number of amides is 1. The fourth-order valence-electron chi connectivity index (χ4n) is 3.04. The van der Waals surface area contributed by atoms with Crippen LogP contribution in [0.15, 0.2) is 36.4 Å². The predicted octanol–water partition coefficient (Wildman–Crippen LogP) is 3.06. The van der Waals surface area contributed by atoms with Gasteiger partial charge in [-0.1, -0.05) is 12.1 Å². The van der Waals surface area contributed by atoms with E-state index in [1.807, 2.05) is 0 Å². The zero-order valence-electron chi connectivity index (χ0n) is 13.5. The Balaban J connectivity index is 1.75. The highest BCUT2D eigenvalue weighted by atomic mass is 32.1. The summed E-state index contributed by atoms with van der Waals surface area (Å²) in [7, 11) is 0. The van der Waals surface area contributed by atoms with Gasteiger partial charge in [0.15, 0.2) is 0 Å². The van der Waals surface area contributed by atoms with E-state index in [0.29, 0.717) is 24.6 Å². The van der Waals surface area contributed by atoms with Crippen LogP contribution in [-0.4, -0.2) is 36.7 Å². The number of carbonyl (C=O) groups excluding carboxylic acids is 1. The molecule has 5 nitrogen and oxygen atoms in total. The number of nitrogens with one attached hydrogen (secondary N) is 1. The molecule has 0 saturated carbocycles. The Morgan fingerprint density at radius 1 is 1.12 bits per heavy atom. The van der Waals surface area contributed by atoms with Gasteiger partial charge in [-0.15, -0.1) is 11.3 Å². The SMILES string of the molecule is O=C(O)c1ccc(C(=O)NCC2(c3ccc(F)cc3)CCOCC2)s1. The second kappa shape index (κ2) is 7.33. The quantitative estimate of drug-likeness (QED) is 0.856.